The topological polar surface area (TPSA) is 72.6 Å². The zero-order valence-electron chi connectivity index (χ0n) is 15.4. The molecule has 0 bridgehead atoms. The van der Waals surface area contributed by atoms with Gasteiger partial charge in [0, 0.05) is 24.9 Å². The van der Waals surface area contributed by atoms with Gasteiger partial charge in [0.2, 0.25) is 5.91 Å². The van der Waals surface area contributed by atoms with E-state index in [1.807, 2.05) is 0 Å². The summed E-state index contributed by atoms with van der Waals surface area (Å²) in [4.78, 5) is 26.1. The average Bonchev–Trinajstić information content (AvgIpc) is 2.68. The number of nitrogens with two attached hydrogens (primary N) is 1. The van der Waals surface area contributed by atoms with Crippen LogP contribution in [-0.2, 0) is 4.79 Å². The summed E-state index contributed by atoms with van der Waals surface area (Å²) in [5.74, 6) is -0.350. The van der Waals surface area contributed by atoms with Crippen LogP contribution in [0.1, 0.15) is 29.6 Å². The quantitative estimate of drug-likeness (QED) is 0.798. The second-order valence-corrected chi connectivity index (χ2v) is 7.56. The Hall–Kier alpha value is -2.60. The van der Waals surface area contributed by atoms with Crippen molar-refractivity contribution in [1.82, 2.24) is 4.90 Å². The standard InChI is InChI=1S/C21H22ClFN2O3/c22-18-4-2-1-3-17(18)20(27)25-11-9-21(10-12-25,13-19(24)26)14-28-16-7-5-15(23)6-8-16/h1-8H,9-14H2,(H2,24,26). The maximum Gasteiger partial charge on any atom is 0.255 e. The summed E-state index contributed by atoms with van der Waals surface area (Å²) in [5.41, 5.74) is 5.47. The summed E-state index contributed by atoms with van der Waals surface area (Å²) in [7, 11) is 0. The number of nitrogens with zero attached hydrogens (tertiary/aromatic N) is 1. The Balaban J connectivity index is 1.67. The second-order valence-electron chi connectivity index (χ2n) is 7.16. The van der Waals surface area contributed by atoms with Gasteiger partial charge in [-0.2, -0.15) is 0 Å². The lowest BCUT2D eigenvalue weighted by Gasteiger charge is -2.41. The van der Waals surface area contributed by atoms with Crippen molar-refractivity contribution in [1.29, 1.82) is 0 Å². The number of carbonyl (C=O) groups excluding carboxylic acids is 2. The molecule has 148 valence electrons. The molecule has 0 spiro atoms. The lowest BCUT2D eigenvalue weighted by molar-refractivity contribution is -0.121. The monoisotopic (exact) mass is 404 g/mol. The molecule has 28 heavy (non-hydrogen) atoms. The van der Waals surface area contributed by atoms with Gasteiger partial charge in [-0.3, -0.25) is 9.59 Å². The van der Waals surface area contributed by atoms with Crippen molar-refractivity contribution < 1.29 is 18.7 Å². The molecular weight excluding hydrogens is 383 g/mol. The van der Waals surface area contributed by atoms with Gasteiger partial charge < -0.3 is 15.4 Å². The van der Waals surface area contributed by atoms with Crippen LogP contribution in [0, 0.1) is 11.2 Å². The van der Waals surface area contributed by atoms with E-state index in [0.717, 1.165) is 0 Å². The first-order chi connectivity index (χ1) is 13.4. The van der Waals surface area contributed by atoms with Crippen LogP contribution in [0.25, 0.3) is 0 Å². The minimum Gasteiger partial charge on any atom is -0.493 e. The number of likely N-dealkylation sites (tertiary alicyclic amines) is 1. The Morgan fingerprint density at radius 2 is 1.75 bits per heavy atom. The van der Waals surface area contributed by atoms with Crippen LogP contribution in [-0.4, -0.2) is 36.4 Å². The zero-order chi connectivity index (χ0) is 20.1. The summed E-state index contributed by atoms with van der Waals surface area (Å²) in [5, 5.41) is 0.418. The summed E-state index contributed by atoms with van der Waals surface area (Å²) >= 11 is 6.14. The highest BCUT2D eigenvalue weighted by atomic mass is 35.5. The van der Waals surface area contributed by atoms with Gasteiger partial charge in [-0.1, -0.05) is 23.7 Å². The normalized spacial score (nSPS) is 15.9. The molecule has 0 unspecified atom stereocenters. The van der Waals surface area contributed by atoms with Crippen molar-refractivity contribution in [3.8, 4) is 5.75 Å². The lowest BCUT2D eigenvalue weighted by Crippen LogP contribution is -2.47. The molecule has 2 amide bonds. The van der Waals surface area contributed by atoms with Crippen molar-refractivity contribution in [2.45, 2.75) is 19.3 Å². The van der Waals surface area contributed by atoms with E-state index in [1.54, 1.807) is 41.3 Å². The van der Waals surface area contributed by atoms with Gasteiger partial charge in [-0.05, 0) is 49.2 Å². The molecule has 0 saturated carbocycles. The summed E-state index contributed by atoms with van der Waals surface area (Å²) in [6.07, 6.45) is 1.32. The average molecular weight is 405 g/mol. The van der Waals surface area contributed by atoms with Gasteiger partial charge in [0.25, 0.3) is 5.91 Å². The fourth-order valence-electron chi connectivity index (χ4n) is 3.50. The van der Waals surface area contributed by atoms with Crippen molar-refractivity contribution in [2.24, 2.45) is 11.1 Å². The van der Waals surface area contributed by atoms with E-state index in [4.69, 9.17) is 22.1 Å². The van der Waals surface area contributed by atoms with Crippen LogP contribution in [0.5, 0.6) is 5.75 Å². The van der Waals surface area contributed by atoms with Gasteiger partial charge in [0.05, 0.1) is 17.2 Å². The smallest absolute Gasteiger partial charge is 0.255 e. The van der Waals surface area contributed by atoms with Crippen molar-refractivity contribution in [3.05, 3.63) is 64.9 Å². The Bertz CT molecular complexity index is 849. The molecule has 7 heteroatoms. The summed E-state index contributed by atoms with van der Waals surface area (Å²) in [6, 6.07) is 12.7. The Morgan fingerprint density at radius 3 is 2.36 bits per heavy atom. The van der Waals surface area contributed by atoms with Crippen LogP contribution in [0.4, 0.5) is 4.39 Å². The first-order valence-electron chi connectivity index (χ1n) is 9.09. The third-order valence-corrected chi connectivity index (χ3v) is 5.45. The second kappa shape index (κ2) is 8.61. The van der Waals surface area contributed by atoms with E-state index in [1.165, 1.54) is 12.1 Å². The SMILES string of the molecule is NC(=O)CC1(COc2ccc(F)cc2)CCN(C(=O)c2ccccc2Cl)CC1. The number of carbonyl (C=O) groups is 2. The largest absolute Gasteiger partial charge is 0.493 e. The molecule has 2 aromatic rings. The Kier molecular flexibility index (Phi) is 6.19. The van der Waals surface area contributed by atoms with Crippen molar-refractivity contribution in [2.75, 3.05) is 19.7 Å². The molecule has 1 fully saturated rings. The highest BCUT2D eigenvalue weighted by molar-refractivity contribution is 6.33. The third-order valence-electron chi connectivity index (χ3n) is 5.12. The van der Waals surface area contributed by atoms with Gasteiger partial charge >= 0.3 is 0 Å². The number of piperidine rings is 1. The molecule has 5 nitrogen and oxygen atoms in total. The van der Waals surface area contributed by atoms with Gasteiger partial charge in [0.1, 0.15) is 11.6 Å². The predicted molar refractivity (Wildman–Crippen MR) is 105 cm³/mol. The number of rotatable bonds is 6. The van der Waals surface area contributed by atoms with Crippen LogP contribution < -0.4 is 10.5 Å². The molecule has 3 rings (SSSR count). The number of amides is 2. The van der Waals surface area contributed by atoms with Gasteiger partial charge in [0.15, 0.2) is 0 Å². The van der Waals surface area contributed by atoms with Crippen LogP contribution in [0.3, 0.4) is 0 Å². The van der Waals surface area contributed by atoms with E-state index in [-0.39, 0.29) is 24.8 Å². The predicted octanol–water partition coefficient (Wildman–Crippen LogP) is 3.66. The van der Waals surface area contributed by atoms with E-state index >= 15 is 0 Å². The highest BCUT2D eigenvalue weighted by Gasteiger charge is 2.38. The fourth-order valence-corrected chi connectivity index (χ4v) is 3.71. The van der Waals surface area contributed by atoms with Gasteiger partial charge in [-0.25, -0.2) is 4.39 Å². The number of hydrogen-bond acceptors (Lipinski definition) is 3. The van der Waals surface area contributed by atoms with Crippen LogP contribution >= 0.6 is 11.6 Å². The highest BCUT2D eigenvalue weighted by Crippen LogP contribution is 2.36. The molecular formula is C21H22ClFN2O3. The van der Waals surface area contributed by atoms with E-state index < -0.39 is 11.3 Å². The van der Waals surface area contributed by atoms with Crippen LogP contribution in [0.15, 0.2) is 48.5 Å². The van der Waals surface area contributed by atoms with Gasteiger partial charge in [-0.15, -0.1) is 0 Å². The Morgan fingerprint density at radius 1 is 1.11 bits per heavy atom. The number of ether oxygens (including phenoxy) is 1. The Labute approximate surface area is 168 Å². The minimum absolute atomic E-state index is 0.127. The number of halogens is 2. The minimum atomic E-state index is -0.461. The number of benzene rings is 2. The summed E-state index contributed by atoms with van der Waals surface area (Å²) < 4.78 is 18.9. The fraction of sp³-hybridized carbons (Fsp3) is 0.333. The van der Waals surface area contributed by atoms with E-state index in [0.29, 0.717) is 42.3 Å². The first-order valence-corrected chi connectivity index (χ1v) is 9.47. The molecule has 1 aliphatic rings. The number of primary amides is 1. The van der Waals surface area contributed by atoms with Crippen molar-refractivity contribution in [3.63, 3.8) is 0 Å². The molecule has 0 radical (unpaired) electrons. The molecule has 2 N–H and O–H groups in total. The van der Waals surface area contributed by atoms with E-state index in [9.17, 15) is 14.0 Å². The van der Waals surface area contributed by atoms with Crippen molar-refractivity contribution >= 4 is 23.4 Å². The molecule has 1 aliphatic heterocycles. The third kappa shape index (κ3) is 4.81. The maximum atomic E-state index is 13.1. The lowest BCUT2D eigenvalue weighted by atomic mass is 9.76. The first kappa shape index (κ1) is 20.1. The molecule has 0 aliphatic carbocycles. The van der Waals surface area contributed by atoms with Crippen LogP contribution in [0.2, 0.25) is 5.02 Å². The molecule has 0 atom stereocenters. The van der Waals surface area contributed by atoms with E-state index in [2.05, 4.69) is 0 Å². The molecule has 1 saturated heterocycles. The summed E-state index contributed by atoms with van der Waals surface area (Å²) in [6.45, 7) is 1.23. The molecule has 1 heterocycles. The molecule has 0 aromatic heterocycles. The zero-order valence-corrected chi connectivity index (χ0v) is 16.1. The maximum absolute atomic E-state index is 13.1. The number of hydrogen-bond donors (Lipinski definition) is 1. The molecule has 2 aromatic carbocycles.